The number of rotatable bonds is 6. The van der Waals surface area contributed by atoms with Crippen molar-refractivity contribution in [1.29, 1.82) is 0 Å². The van der Waals surface area contributed by atoms with Gasteiger partial charge in [-0.05, 0) is 66.8 Å². The lowest BCUT2D eigenvalue weighted by atomic mass is 10.0. The van der Waals surface area contributed by atoms with Crippen molar-refractivity contribution in [2.75, 3.05) is 0 Å². The van der Waals surface area contributed by atoms with Gasteiger partial charge in [-0.25, -0.2) is 0 Å². The normalized spacial score (nSPS) is 13.3. The Morgan fingerprint density at radius 2 is 1.00 bits per heavy atom. The van der Waals surface area contributed by atoms with E-state index in [1.807, 2.05) is 0 Å². The molecule has 6 aromatic rings. The first-order chi connectivity index (χ1) is 21.8. The molecule has 0 unspecified atom stereocenters. The lowest BCUT2D eigenvalue weighted by Crippen LogP contribution is -2.24. The van der Waals surface area contributed by atoms with Gasteiger partial charge in [-0.3, -0.25) is 0 Å². The molecule has 0 spiro atoms. The molecule has 0 amide bonds. The topological polar surface area (TPSA) is 9.23 Å². The average Bonchev–Trinajstić information content (AvgIpc) is 3.08. The first kappa shape index (κ1) is 28.2. The molecule has 7 rings (SSSR count). The van der Waals surface area contributed by atoms with E-state index in [2.05, 4.69) is 176 Å². The number of hydrogen-bond acceptors (Lipinski definition) is 1. The zero-order chi connectivity index (χ0) is 29.7. The Hall–Kier alpha value is -4.54. The molecule has 1 heterocycles. The molecule has 6 aromatic carbocycles. The summed E-state index contributed by atoms with van der Waals surface area (Å²) in [6, 6.07) is 56.7. The van der Waals surface area contributed by atoms with Gasteiger partial charge in [0, 0.05) is 16.2 Å². The molecule has 2 bridgehead atoms. The lowest BCUT2D eigenvalue weighted by molar-refractivity contribution is 0.488. The molecule has 0 fully saturated rings. The summed E-state index contributed by atoms with van der Waals surface area (Å²) in [5.74, 6) is 1.80. The van der Waals surface area contributed by atoms with Gasteiger partial charge in [-0.1, -0.05) is 164 Å². The highest BCUT2D eigenvalue weighted by atomic mass is 31.1. The number of hydrogen-bond donors (Lipinski definition) is 0. The predicted octanol–water partition coefficient (Wildman–Crippen LogP) is 8.12. The van der Waals surface area contributed by atoms with Crippen molar-refractivity contribution in [1.82, 2.24) is 0 Å². The van der Waals surface area contributed by atoms with E-state index >= 15 is 0 Å². The van der Waals surface area contributed by atoms with E-state index in [4.69, 9.17) is 4.74 Å². The lowest BCUT2D eigenvalue weighted by Gasteiger charge is -2.27. The number of fused-ring (bicyclic) bond motifs is 3. The summed E-state index contributed by atoms with van der Waals surface area (Å²) in [4.78, 5) is 0. The average molecular weight is 603 g/mol. The van der Waals surface area contributed by atoms with E-state index in [0.717, 1.165) is 29.1 Å². The molecule has 1 nitrogen and oxygen atoms in total. The molecule has 1 aliphatic rings. The summed E-state index contributed by atoms with van der Waals surface area (Å²) in [5.41, 5.74) is 3.20. The number of allylic oxidation sites excluding steroid dienone is 3. The standard InChI is InChI=1S/C41H32OP2/c1-31-16-14-17-32-28-29-39(43(33-18-6-2-7-19-33)34-20-8-3-9-21-34)38(30-32)42-41-37(31)26-15-27-40(41)44(35-22-10-4-11-23-35)36-24-12-5-13-25-36/h2-16,18-30H,1,17H2/b16-14-. The van der Waals surface area contributed by atoms with E-state index in [-0.39, 0.29) is 0 Å². The molecule has 0 saturated carbocycles. The quantitative estimate of drug-likeness (QED) is 0.175. The molecular weight excluding hydrogens is 570 g/mol. The molecule has 0 aromatic heterocycles. The zero-order valence-electron chi connectivity index (χ0n) is 24.4. The van der Waals surface area contributed by atoms with Crippen LogP contribution in [0, 0.1) is 0 Å². The third kappa shape index (κ3) is 5.82. The summed E-state index contributed by atoms with van der Waals surface area (Å²) in [6.07, 6.45) is 5.18. The fourth-order valence-corrected chi connectivity index (χ4v) is 10.5. The second-order valence-electron chi connectivity index (χ2n) is 10.7. The van der Waals surface area contributed by atoms with Crippen LogP contribution in [-0.4, -0.2) is 0 Å². The fourth-order valence-electron chi connectivity index (χ4n) is 5.71. The summed E-state index contributed by atoms with van der Waals surface area (Å²) < 4.78 is 7.30. The minimum atomic E-state index is -0.896. The molecule has 212 valence electrons. The van der Waals surface area contributed by atoms with Crippen LogP contribution in [-0.2, 0) is 6.42 Å². The molecule has 0 radical (unpaired) electrons. The van der Waals surface area contributed by atoms with Crippen LogP contribution in [0.3, 0.4) is 0 Å². The first-order valence-electron chi connectivity index (χ1n) is 14.9. The maximum absolute atomic E-state index is 7.30. The van der Waals surface area contributed by atoms with Crippen LogP contribution in [0.15, 0.2) is 176 Å². The molecule has 1 aliphatic heterocycles. The van der Waals surface area contributed by atoms with Crippen molar-refractivity contribution < 1.29 is 4.74 Å². The summed E-state index contributed by atoms with van der Waals surface area (Å²) in [5, 5.41) is 7.56. The van der Waals surface area contributed by atoms with Gasteiger partial charge < -0.3 is 4.74 Å². The van der Waals surface area contributed by atoms with E-state index in [1.54, 1.807) is 0 Å². The Bertz CT molecular complexity index is 1840. The Labute approximate surface area is 262 Å². The first-order valence-corrected chi connectivity index (χ1v) is 17.5. The second kappa shape index (κ2) is 13.0. The molecule has 3 heteroatoms. The van der Waals surface area contributed by atoms with Crippen molar-refractivity contribution in [2.24, 2.45) is 0 Å². The zero-order valence-corrected chi connectivity index (χ0v) is 26.2. The van der Waals surface area contributed by atoms with E-state index in [9.17, 15) is 0 Å². The Morgan fingerprint density at radius 3 is 1.52 bits per heavy atom. The Kier molecular flexibility index (Phi) is 8.34. The fraction of sp³-hybridized carbons (Fsp3) is 0.0244. The SMILES string of the molecule is C=C1/C=C\Cc2ccc(P(c3ccccc3)c3ccccc3)c(c2)Oc2c1cccc2P(c1ccccc1)c1ccccc1. The van der Waals surface area contributed by atoms with Gasteiger partial charge in [0.25, 0.3) is 0 Å². The highest BCUT2D eigenvalue weighted by molar-refractivity contribution is 7.80. The summed E-state index contributed by atoms with van der Waals surface area (Å²) >= 11 is 0. The van der Waals surface area contributed by atoms with Crippen LogP contribution < -0.4 is 36.6 Å². The van der Waals surface area contributed by atoms with Crippen molar-refractivity contribution in [3.05, 3.63) is 188 Å². The Balaban J connectivity index is 1.46. The predicted molar refractivity (Wildman–Crippen MR) is 192 cm³/mol. The van der Waals surface area contributed by atoms with Crippen LogP contribution in [0.4, 0.5) is 0 Å². The van der Waals surface area contributed by atoms with Gasteiger partial charge in [0.15, 0.2) is 0 Å². The summed E-state index contributed by atoms with van der Waals surface area (Å²) in [6.45, 7) is 4.51. The maximum atomic E-state index is 7.30. The highest BCUT2D eigenvalue weighted by Gasteiger charge is 2.26. The molecule has 44 heavy (non-hydrogen) atoms. The van der Waals surface area contributed by atoms with Crippen molar-refractivity contribution in [3.63, 3.8) is 0 Å². The summed E-state index contributed by atoms with van der Waals surface area (Å²) in [7, 11) is -1.76. The van der Waals surface area contributed by atoms with Crippen LogP contribution >= 0.6 is 15.8 Å². The molecule has 0 atom stereocenters. The van der Waals surface area contributed by atoms with Crippen LogP contribution in [0.1, 0.15) is 11.1 Å². The third-order valence-corrected chi connectivity index (χ3v) is 12.7. The highest BCUT2D eigenvalue weighted by Crippen LogP contribution is 2.43. The van der Waals surface area contributed by atoms with Gasteiger partial charge >= 0.3 is 0 Å². The van der Waals surface area contributed by atoms with Crippen LogP contribution in [0.2, 0.25) is 0 Å². The van der Waals surface area contributed by atoms with E-state index in [0.29, 0.717) is 0 Å². The van der Waals surface area contributed by atoms with Crippen molar-refractivity contribution in [3.8, 4) is 11.5 Å². The second-order valence-corrected chi connectivity index (χ2v) is 15.1. The van der Waals surface area contributed by atoms with Gasteiger partial charge in [-0.15, -0.1) is 0 Å². The smallest absolute Gasteiger partial charge is 0.143 e. The number of benzene rings is 6. The van der Waals surface area contributed by atoms with Crippen molar-refractivity contribution in [2.45, 2.75) is 6.42 Å². The van der Waals surface area contributed by atoms with Crippen LogP contribution in [0.25, 0.3) is 5.57 Å². The molecule has 0 saturated heterocycles. The van der Waals surface area contributed by atoms with Gasteiger partial charge in [0.2, 0.25) is 0 Å². The molecular formula is C41H32OP2. The largest absolute Gasteiger partial charge is 0.455 e. The third-order valence-electron chi connectivity index (χ3n) is 7.79. The maximum Gasteiger partial charge on any atom is 0.143 e. The minimum Gasteiger partial charge on any atom is -0.455 e. The number of ether oxygens (including phenoxy) is 1. The number of para-hydroxylation sites is 1. The van der Waals surface area contributed by atoms with Gasteiger partial charge in [-0.2, -0.15) is 0 Å². The van der Waals surface area contributed by atoms with E-state index < -0.39 is 15.8 Å². The molecule has 0 N–H and O–H groups in total. The minimum absolute atomic E-state index is 0.819. The Morgan fingerprint density at radius 1 is 0.500 bits per heavy atom. The molecule has 0 aliphatic carbocycles. The van der Waals surface area contributed by atoms with Crippen LogP contribution in [0.5, 0.6) is 11.5 Å². The van der Waals surface area contributed by atoms with E-state index in [1.165, 1.54) is 37.4 Å². The van der Waals surface area contributed by atoms with Gasteiger partial charge in [0.05, 0.1) is 0 Å². The van der Waals surface area contributed by atoms with Gasteiger partial charge in [0.1, 0.15) is 11.5 Å². The monoisotopic (exact) mass is 602 g/mol. The van der Waals surface area contributed by atoms with Crippen molar-refractivity contribution >= 4 is 53.2 Å².